The second-order valence-electron chi connectivity index (χ2n) is 6.45. The van der Waals surface area contributed by atoms with Gasteiger partial charge in [0.25, 0.3) is 0 Å². The maximum absolute atomic E-state index is 12.4. The normalized spacial score (nSPS) is 18.2. The lowest BCUT2D eigenvalue weighted by Gasteiger charge is -2.39. The van der Waals surface area contributed by atoms with Gasteiger partial charge < -0.3 is 9.64 Å². The molecule has 1 amide bonds. The quantitative estimate of drug-likeness (QED) is 0.657. The summed E-state index contributed by atoms with van der Waals surface area (Å²) in [5.41, 5.74) is 2.33. The minimum absolute atomic E-state index is 0.153. The molecule has 25 heavy (non-hydrogen) atoms. The van der Waals surface area contributed by atoms with Crippen molar-refractivity contribution in [3.05, 3.63) is 69.3 Å². The van der Waals surface area contributed by atoms with Gasteiger partial charge in [-0.1, -0.05) is 42.5 Å². The van der Waals surface area contributed by atoms with Gasteiger partial charge in [0, 0.05) is 35.8 Å². The van der Waals surface area contributed by atoms with Crippen LogP contribution < -0.4 is 0 Å². The van der Waals surface area contributed by atoms with E-state index in [9.17, 15) is 4.79 Å². The van der Waals surface area contributed by atoms with Gasteiger partial charge in [0.05, 0.1) is 0 Å². The third-order valence-electron chi connectivity index (χ3n) is 4.45. The van der Waals surface area contributed by atoms with Crippen molar-refractivity contribution in [1.29, 1.82) is 0 Å². The predicted molar refractivity (Wildman–Crippen MR) is 107 cm³/mol. The van der Waals surface area contributed by atoms with Crippen LogP contribution in [0.5, 0.6) is 0 Å². The molecule has 1 fully saturated rings. The van der Waals surface area contributed by atoms with Crippen LogP contribution in [-0.4, -0.2) is 41.6 Å². The van der Waals surface area contributed by atoms with Gasteiger partial charge in [-0.2, -0.15) is 0 Å². The van der Waals surface area contributed by atoms with Gasteiger partial charge in [0.15, 0.2) is 0 Å². The van der Waals surface area contributed by atoms with Gasteiger partial charge in [-0.05, 0) is 52.8 Å². The molecule has 3 rings (SSSR count). The zero-order valence-corrected chi connectivity index (χ0v) is 16.6. The largest absolute Gasteiger partial charge is 0.445 e. The fraction of sp³-hybridized carbons (Fsp3) is 0.350. The summed E-state index contributed by atoms with van der Waals surface area (Å²) >= 11 is 2.34. The fourth-order valence-electron chi connectivity index (χ4n) is 3.14. The topological polar surface area (TPSA) is 32.8 Å². The molecule has 1 heterocycles. The Kier molecular flexibility index (Phi) is 6.31. The third-order valence-corrected chi connectivity index (χ3v) is 5.12. The molecule has 0 bridgehead atoms. The highest BCUT2D eigenvalue weighted by atomic mass is 127. The maximum atomic E-state index is 12.4. The van der Waals surface area contributed by atoms with Gasteiger partial charge in [-0.3, -0.25) is 4.90 Å². The van der Waals surface area contributed by atoms with Crippen molar-refractivity contribution in [2.45, 2.75) is 26.1 Å². The van der Waals surface area contributed by atoms with Gasteiger partial charge in [0.2, 0.25) is 0 Å². The van der Waals surface area contributed by atoms with E-state index in [-0.39, 0.29) is 12.1 Å². The van der Waals surface area contributed by atoms with Crippen LogP contribution in [-0.2, 0) is 17.9 Å². The SMILES string of the molecule is C[C@H]1CN(Cc2cccc(I)c2)CCN1C(=O)OCc1ccccc1. The van der Waals surface area contributed by atoms with Crippen LogP contribution in [0.3, 0.4) is 0 Å². The van der Waals surface area contributed by atoms with E-state index in [0.717, 1.165) is 25.2 Å². The lowest BCUT2D eigenvalue weighted by atomic mass is 10.1. The van der Waals surface area contributed by atoms with E-state index in [1.54, 1.807) is 0 Å². The van der Waals surface area contributed by atoms with Gasteiger partial charge in [-0.15, -0.1) is 0 Å². The van der Waals surface area contributed by atoms with Crippen LogP contribution in [0.15, 0.2) is 54.6 Å². The Bertz CT molecular complexity index is 708. The highest BCUT2D eigenvalue weighted by Crippen LogP contribution is 2.16. The Morgan fingerprint density at radius 1 is 1.12 bits per heavy atom. The zero-order chi connectivity index (χ0) is 17.6. The number of halogens is 1. The molecule has 1 aliphatic heterocycles. The molecule has 0 radical (unpaired) electrons. The van der Waals surface area contributed by atoms with Crippen LogP contribution in [0.25, 0.3) is 0 Å². The number of piperazine rings is 1. The number of carbonyl (C=O) groups is 1. The lowest BCUT2D eigenvalue weighted by Crippen LogP contribution is -2.53. The van der Waals surface area contributed by atoms with E-state index in [1.807, 2.05) is 35.2 Å². The first-order valence-electron chi connectivity index (χ1n) is 8.56. The molecule has 4 nitrogen and oxygen atoms in total. The summed E-state index contributed by atoms with van der Waals surface area (Å²) < 4.78 is 6.73. The number of rotatable bonds is 4. The van der Waals surface area contributed by atoms with Crippen LogP contribution in [0.1, 0.15) is 18.1 Å². The Labute approximate surface area is 162 Å². The van der Waals surface area contributed by atoms with E-state index in [1.165, 1.54) is 9.13 Å². The monoisotopic (exact) mass is 450 g/mol. The second kappa shape index (κ2) is 8.67. The standard InChI is InChI=1S/C20H23IN2O2/c1-16-13-22(14-18-8-5-9-19(21)12-18)10-11-23(16)20(24)25-15-17-6-3-2-4-7-17/h2-9,12,16H,10-11,13-15H2,1H3/t16-/m0/s1. The molecule has 132 valence electrons. The minimum atomic E-state index is -0.217. The van der Waals surface area contributed by atoms with Crippen LogP contribution in [0, 0.1) is 3.57 Å². The number of benzene rings is 2. The fourth-order valence-corrected chi connectivity index (χ4v) is 3.75. The Balaban J connectivity index is 1.50. The predicted octanol–water partition coefficient (Wildman–Crippen LogP) is 4.13. The van der Waals surface area contributed by atoms with Gasteiger partial charge >= 0.3 is 6.09 Å². The summed E-state index contributed by atoms with van der Waals surface area (Å²) in [6, 6.07) is 18.5. The summed E-state index contributed by atoms with van der Waals surface area (Å²) in [4.78, 5) is 16.6. The molecule has 1 saturated heterocycles. The molecule has 1 atom stereocenters. The minimum Gasteiger partial charge on any atom is -0.445 e. The van der Waals surface area contributed by atoms with Crippen LogP contribution in [0.4, 0.5) is 4.79 Å². The first-order valence-corrected chi connectivity index (χ1v) is 9.64. The summed E-state index contributed by atoms with van der Waals surface area (Å²) in [6.07, 6.45) is -0.217. The van der Waals surface area contributed by atoms with E-state index in [4.69, 9.17) is 4.74 Å². The van der Waals surface area contributed by atoms with Crippen LogP contribution in [0.2, 0.25) is 0 Å². The lowest BCUT2D eigenvalue weighted by molar-refractivity contribution is 0.0458. The molecule has 1 aliphatic rings. The average Bonchev–Trinajstić information content (AvgIpc) is 2.61. The summed E-state index contributed by atoms with van der Waals surface area (Å²) in [5.74, 6) is 0. The molecular formula is C20H23IN2O2. The van der Waals surface area contributed by atoms with Gasteiger partial charge in [0.1, 0.15) is 6.61 Å². The zero-order valence-electron chi connectivity index (χ0n) is 14.4. The molecular weight excluding hydrogens is 427 g/mol. The molecule has 0 saturated carbocycles. The molecule has 2 aromatic carbocycles. The summed E-state index contributed by atoms with van der Waals surface area (Å²) in [7, 11) is 0. The van der Waals surface area contributed by atoms with Crippen molar-refractivity contribution >= 4 is 28.7 Å². The van der Waals surface area contributed by atoms with Crippen molar-refractivity contribution in [1.82, 2.24) is 9.80 Å². The first-order chi connectivity index (χ1) is 12.1. The molecule has 0 aromatic heterocycles. The molecule has 0 unspecified atom stereocenters. The van der Waals surface area contributed by atoms with E-state index >= 15 is 0 Å². The van der Waals surface area contributed by atoms with E-state index < -0.39 is 0 Å². The van der Waals surface area contributed by atoms with E-state index in [2.05, 4.69) is 58.7 Å². The average molecular weight is 450 g/mol. The van der Waals surface area contributed by atoms with E-state index in [0.29, 0.717) is 13.2 Å². The number of carbonyl (C=O) groups excluding carboxylic acids is 1. The second-order valence-corrected chi connectivity index (χ2v) is 7.69. The van der Waals surface area contributed by atoms with Crippen molar-refractivity contribution in [2.24, 2.45) is 0 Å². The maximum Gasteiger partial charge on any atom is 0.410 e. The van der Waals surface area contributed by atoms with Crippen molar-refractivity contribution < 1.29 is 9.53 Å². The smallest absolute Gasteiger partial charge is 0.410 e. The highest BCUT2D eigenvalue weighted by Gasteiger charge is 2.28. The number of nitrogens with zero attached hydrogens (tertiary/aromatic N) is 2. The molecule has 0 aliphatic carbocycles. The molecule has 5 heteroatoms. The van der Waals surface area contributed by atoms with Crippen molar-refractivity contribution in [3.8, 4) is 0 Å². The molecule has 0 N–H and O–H groups in total. The van der Waals surface area contributed by atoms with Crippen LogP contribution >= 0.6 is 22.6 Å². The van der Waals surface area contributed by atoms with Crippen molar-refractivity contribution in [3.63, 3.8) is 0 Å². The van der Waals surface area contributed by atoms with Crippen molar-refractivity contribution in [2.75, 3.05) is 19.6 Å². The summed E-state index contributed by atoms with van der Waals surface area (Å²) in [5, 5.41) is 0. The highest BCUT2D eigenvalue weighted by molar-refractivity contribution is 14.1. The van der Waals surface area contributed by atoms with Gasteiger partial charge in [-0.25, -0.2) is 4.79 Å². The third kappa shape index (κ3) is 5.19. The Hall–Kier alpha value is -1.60. The first kappa shape index (κ1) is 18.2. The Morgan fingerprint density at radius 2 is 1.88 bits per heavy atom. The number of hydrogen-bond donors (Lipinski definition) is 0. The molecule has 0 spiro atoms. The number of ether oxygens (including phenoxy) is 1. The molecule has 2 aromatic rings. The Morgan fingerprint density at radius 3 is 2.60 bits per heavy atom. The number of amides is 1. The number of hydrogen-bond acceptors (Lipinski definition) is 3. The summed E-state index contributed by atoms with van der Waals surface area (Å²) in [6.45, 7) is 5.79.